The van der Waals surface area contributed by atoms with Gasteiger partial charge in [-0.1, -0.05) is 7.43 Å². The van der Waals surface area contributed by atoms with E-state index < -0.39 is 6.04 Å². The van der Waals surface area contributed by atoms with E-state index in [0.29, 0.717) is 18.6 Å². The monoisotopic (exact) mass is 617 g/mol. The molecule has 3 aliphatic rings. The molecule has 0 bridgehead atoms. The van der Waals surface area contributed by atoms with E-state index in [2.05, 4.69) is 78.8 Å². The minimum Gasteiger partial charge on any atom is -0.343 e. The van der Waals surface area contributed by atoms with Gasteiger partial charge in [-0.15, -0.1) is 0 Å². The molecule has 11 heteroatoms. The Hall–Kier alpha value is -3.77. The highest BCUT2D eigenvalue weighted by Gasteiger charge is 2.29. The maximum absolute atomic E-state index is 11.8. The summed E-state index contributed by atoms with van der Waals surface area (Å²) in [6, 6.07) is 12.8. The molecule has 3 aliphatic heterocycles. The lowest BCUT2D eigenvalue weighted by Gasteiger charge is -2.31. The fourth-order valence-electron chi connectivity index (χ4n) is 5.52. The predicted octanol–water partition coefficient (Wildman–Crippen LogP) is 2.32. The number of carbonyl (C=O) groups excluding carboxylic acids is 2. The van der Waals surface area contributed by atoms with Gasteiger partial charge < -0.3 is 20.9 Å². The summed E-state index contributed by atoms with van der Waals surface area (Å²) in [5.41, 5.74) is 3.69. The summed E-state index contributed by atoms with van der Waals surface area (Å²) in [6.07, 6.45) is 10.8. The molecule has 6 rings (SSSR count). The molecule has 3 saturated heterocycles. The molecular formula is C34H51N9O2. The van der Waals surface area contributed by atoms with Gasteiger partial charge in [0.15, 0.2) is 0 Å². The number of hydrogen-bond donors (Lipinski definition) is 3. The Balaban J connectivity index is 0.000000183. The number of pyridine rings is 3. The van der Waals surface area contributed by atoms with Crippen molar-refractivity contribution in [3.05, 3.63) is 90.3 Å². The Kier molecular flexibility index (Phi) is 15.0. The van der Waals surface area contributed by atoms with E-state index in [0.717, 1.165) is 57.9 Å². The molecule has 3 atom stereocenters. The topological polar surface area (TPSA) is 119 Å². The third-order valence-corrected chi connectivity index (χ3v) is 7.73. The average Bonchev–Trinajstić information content (AvgIpc) is 3.02. The number of rotatable bonds is 6. The molecule has 0 radical (unpaired) electrons. The average molecular weight is 618 g/mol. The van der Waals surface area contributed by atoms with Crippen molar-refractivity contribution >= 4 is 11.8 Å². The number of piperazine rings is 3. The second kappa shape index (κ2) is 18.9. The largest absolute Gasteiger partial charge is 0.343 e. The highest BCUT2D eigenvalue weighted by Crippen LogP contribution is 2.09. The van der Waals surface area contributed by atoms with Gasteiger partial charge in [0.1, 0.15) is 6.04 Å². The van der Waals surface area contributed by atoms with Crippen LogP contribution in [-0.2, 0) is 29.2 Å². The summed E-state index contributed by atoms with van der Waals surface area (Å²) >= 11 is 0. The molecule has 0 aliphatic carbocycles. The Morgan fingerprint density at radius 3 is 1.47 bits per heavy atom. The summed E-state index contributed by atoms with van der Waals surface area (Å²) in [5.74, 6) is -0.155. The maximum atomic E-state index is 11.8. The third-order valence-electron chi connectivity index (χ3n) is 7.73. The van der Waals surface area contributed by atoms with E-state index in [1.54, 1.807) is 24.2 Å². The van der Waals surface area contributed by atoms with Gasteiger partial charge in [-0.2, -0.15) is 0 Å². The molecule has 11 nitrogen and oxygen atoms in total. The van der Waals surface area contributed by atoms with E-state index in [1.807, 2.05) is 36.9 Å². The zero-order valence-corrected chi connectivity index (χ0v) is 26.2. The van der Waals surface area contributed by atoms with Gasteiger partial charge >= 0.3 is 0 Å². The van der Waals surface area contributed by atoms with Crippen LogP contribution in [0.3, 0.4) is 0 Å². The fraction of sp³-hybridized carbons (Fsp3) is 0.500. The summed E-state index contributed by atoms with van der Waals surface area (Å²) in [6.45, 7) is 15.6. The highest BCUT2D eigenvalue weighted by molar-refractivity contribution is 5.94. The summed E-state index contributed by atoms with van der Waals surface area (Å²) in [5, 5.41) is 9.49. The molecule has 45 heavy (non-hydrogen) atoms. The van der Waals surface area contributed by atoms with Crippen LogP contribution in [0.5, 0.6) is 0 Å². The molecule has 3 unspecified atom stereocenters. The van der Waals surface area contributed by atoms with Crippen LogP contribution in [0.1, 0.15) is 44.9 Å². The zero-order valence-electron chi connectivity index (χ0n) is 26.2. The Labute approximate surface area is 268 Å². The molecular weight excluding hydrogens is 566 g/mol. The molecule has 3 aromatic rings. The van der Waals surface area contributed by atoms with Gasteiger partial charge in [0.2, 0.25) is 11.8 Å². The van der Waals surface area contributed by atoms with Crippen molar-refractivity contribution in [1.29, 1.82) is 0 Å². The molecule has 244 valence electrons. The van der Waals surface area contributed by atoms with E-state index >= 15 is 0 Å². The number of hydrogen-bond acceptors (Lipinski definition) is 9. The number of amides is 2. The van der Waals surface area contributed by atoms with Gasteiger partial charge in [0.05, 0.1) is 6.54 Å². The van der Waals surface area contributed by atoms with Crippen LogP contribution in [0.25, 0.3) is 0 Å². The first kappa shape index (κ1) is 35.7. The molecule has 3 N–H and O–H groups in total. The second-order valence-electron chi connectivity index (χ2n) is 11.7. The minimum atomic E-state index is -0.428. The van der Waals surface area contributed by atoms with E-state index in [9.17, 15) is 9.59 Å². The normalized spacial score (nSPS) is 22.1. The van der Waals surface area contributed by atoms with E-state index in [-0.39, 0.29) is 25.8 Å². The van der Waals surface area contributed by atoms with Gasteiger partial charge in [0, 0.05) is 108 Å². The zero-order chi connectivity index (χ0) is 31.1. The van der Waals surface area contributed by atoms with Crippen LogP contribution in [0.2, 0.25) is 0 Å². The molecule has 0 saturated carbocycles. The van der Waals surface area contributed by atoms with Crippen molar-refractivity contribution in [3.8, 4) is 0 Å². The lowest BCUT2D eigenvalue weighted by molar-refractivity contribution is -0.144. The Bertz CT molecular complexity index is 1210. The molecule has 0 spiro atoms. The van der Waals surface area contributed by atoms with Crippen molar-refractivity contribution in [2.75, 3.05) is 45.8 Å². The van der Waals surface area contributed by atoms with Crippen molar-refractivity contribution in [2.24, 2.45) is 0 Å². The minimum absolute atomic E-state index is 0. The van der Waals surface area contributed by atoms with Crippen molar-refractivity contribution in [3.63, 3.8) is 0 Å². The van der Waals surface area contributed by atoms with Crippen LogP contribution < -0.4 is 16.0 Å². The quantitative estimate of drug-likeness (QED) is 0.383. The van der Waals surface area contributed by atoms with Gasteiger partial charge in [-0.25, -0.2) is 0 Å². The third kappa shape index (κ3) is 12.6. The second-order valence-corrected chi connectivity index (χ2v) is 11.7. The summed E-state index contributed by atoms with van der Waals surface area (Å²) < 4.78 is 0. The Morgan fingerprint density at radius 2 is 1.07 bits per heavy atom. The van der Waals surface area contributed by atoms with Crippen LogP contribution >= 0.6 is 0 Å². The first-order valence-corrected chi connectivity index (χ1v) is 15.5. The first-order chi connectivity index (χ1) is 21.4. The van der Waals surface area contributed by atoms with Crippen molar-refractivity contribution < 1.29 is 9.59 Å². The SMILES string of the molecule is C.CC1CN(Cc2ccncc2)CCN1.CC1CN(Cc2ccncc2)CCN1.CC1NC(=O)CN(Cc2ccncc2)C1=O. The van der Waals surface area contributed by atoms with E-state index in [1.165, 1.54) is 11.1 Å². The molecule has 2 amide bonds. The smallest absolute Gasteiger partial charge is 0.245 e. The van der Waals surface area contributed by atoms with E-state index in [4.69, 9.17) is 0 Å². The fourth-order valence-corrected chi connectivity index (χ4v) is 5.52. The number of nitrogens with one attached hydrogen (secondary N) is 3. The molecule has 6 heterocycles. The highest BCUT2D eigenvalue weighted by atomic mass is 16.2. The summed E-state index contributed by atoms with van der Waals surface area (Å²) in [4.78, 5) is 41.5. The van der Waals surface area contributed by atoms with Crippen LogP contribution in [0.15, 0.2) is 73.6 Å². The lowest BCUT2D eigenvalue weighted by Crippen LogP contribution is -2.56. The molecule has 3 fully saturated rings. The lowest BCUT2D eigenvalue weighted by atomic mass is 10.2. The van der Waals surface area contributed by atoms with Crippen LogP contribution in [-0.4, -0.2) is 105 Å². The first-order valence-electron chi connectivity index (χ1n) is 15.5. The maximum Gasteiger partial charge on any atom is 0.245 e. The van der Waals surface area contributed by atoms with Crippen molar-refractivity contribution in [2.45, 2.75) is 66.0 Å². The molecule has 3 aromatic heterocycles. The van der Waals surface area contributed by atoms with Crippen molar-refractivity contribution in [1.82, 2.24) is 45.6 Å². The van der Waals surface area contributed by atoms with Gasteiger partial charge in [-0.05, 0) is 73.9 Å². The molecule has 0 aromatic carbocycles. The number of carbonyl (C=O) groups is 2. The Morgan fingerprint density at radius 1 is 0.667 bits per heavy atom. The number of nitrogens with zero attached hydrogens (tertiary/aromatic N) is 6. The van der Waals surface area contributed by atoms with Crippen LogP contribution in [0, 0.1) is 0 Å². The van der Waals surface area contributed by atoms with Gasteiger partial charge in [0.25, 0.3) is 0 Å². The van der Waals surface area contributed by atoms with Crippen LogP contribution in [0.4, 0.5) is 0 Å². The number of aromatic nitrogens is 3. The standard InChI is InChI=1S/C11H13N3O2.2C11H17N3.CH4/c1-8-11(16)14(7-10(15)13-8)6-9-2-4-12-5-3-9;2*1-10-8-14(7-6-13-10)9-11-2-4-12-5-3-11;/h2-5,8H,6-7H2,1H3,(H,13,15);2*2-5,10,13H,6-9H2,1H3;1H4. The predicted molar refractivity (Wildman–Crippen MR) is 178 cm³/mol. The van der Waals surface area contributed by atoms with Gasteiger partial charge in [-0.3, -0.25) is 34.3 Å². The summed E-state index contributed by atoms with van der Waals surface area (Å²) in [7, 11) is 0.